The summed E-state index contributed by atoms with van der Waals surface area (Å²) in [6.45, 7) is 4.03. The Balaban J connectivity index is 1.70. The third-order valence-corrected chi connectivity index (χ3v) is 8.44. The van der Waals surface area contributed by atoms with Crippen LogP contribution in [-0.2, 0) is 9.59 Å². The van der Waals surface area contributed by atoms with Gasteiger partial charge < -0.3 is 10.2 Å². The number of fused-ring (bicyclic) bond motifs is 5. The summed E-state index contributed by atoms with van der Waals surface area (Å²) < 4.78 is 0. The summed E-state index contributed by atoms with van der Waals surface area (Å²) in [4.78, 5) is 24.2. The highest BCUT2D eigenvalue weighted by atomic mass is 16.3. The molecule has 0 aromatic rings. The highest BCUT2D eigenvalue weighted by Gasteiger charge is 2.62. The maximum Gasteiger partial charge on any atom is 0.161 e. The Morgan fingerprint density at radius 1 is 1.24 bits per heavy atom. The fourth-order valence-electron chi connectivity index (χ4n) is 7.33. The third-order valence-electron chi connectivity index (χ3n) is 8.44. The fourth-order valence-corrected chi connectivity index (χ4v) is 7.33. The predicted octanol–water partition coefficient (Wildman–Crippen LogP) is 2.67. The van der Waals surface area contributed by atoms with Crippen LogP contribution in [0.3, 0.4) is 0 Å². The Labute approximate surface area is 149 Å². The largest absolute Gasteiger partial charge is 0.393 e. The summed E-state index contributed by atoms with van der Waals surface area (Å²) >= 11 is 0. The second-order valence-electron chi connectivity index (χ2n) is 9.42. The van der Waals surface area contributed by atoms with Gasteiger partial charge in [-0.1, -0.05) is 19.4 Å². The normalized spacial score (nSPS) is 49.0. The number of rotatable bonds is 2. The van der Waals surface area contributed by atoms with E-state index in [1.807, 2.05) is 6.08 Å². The number of Topliss-reactive ketones (excluding diaryl/α,β-unsaturated/α-hetero) is 1. The molecule has 0 amide bonds. The van der Waals surface area contributed by atoms with Crippen LogP contribution in [-0.4, -0.2) is 34.5 Å². The van der Waals surface area contributed by atoms with Crippen LogP contribution >= 0.6 is 0 Å². The van der Waals surface area contributed by atoms with Crippen molar-refractivity contribution < 1.29 is 19.8 Å². The predicted molar refractivity (Wildman–Crippen MR) is 93.7 cm³/mol. The maximum absolute atomic E-state index is 12.3. The molecule has 4 nitrogen and oxygen atoms in total. The molecule has 4 aliphatic rings. The Morgan fingerprint density at radius 3 is 2.72 bits per heavy atom. The summed E-state index contributed by atoms with van der Waals surface area (Å²) in [5, 5.41) is 20.5. The Bertz CT molecular complexity index is 638. The van der Waals surface area contributed by atoms with Gasteiger partial charge >= 0.3 is 0 Å². The molecular formula is C21H30O4. The van der Waals surface area contributed by atoms with Crippen LogP contribution in [0.2, 0.25) is 0 Å². The standard InChI is InChI=1S/C21H30O4/c1-20-8-7-13(23)9-12(20)3-4-14-15-5-6-16(18(25)11-22)21(15,2)10-17(24)19(14)20/h9,14-17,19,22,24H,3-8,10-11H2,1-2H3/t14-,15?,16+,17?,19?,20-,21-/m0/s1. The van der Waals surface area contributed by atoms with Gasteiger partial charge in [-0.05, 0) is 73.2 Å². The van der Waals surface area contributed by atoms with E-state index in [-0.39, 0.29) is 40.8 Å². The van der Waals surface area contributed by atoms with Gasteiger partial charge in [-0.25, -0.2) is 0 Å². The van der Waals surface area contributed by atoms with Gasteiger partial charge in [0.2, 0.25) is 0 Å². The zero-order valence-corrected chi connectivity index (χ0v) is 15.3. The molecule has 3 unspecified atom stereocenters. The van der Waals surface area contributed by atoms with E-state index >= 15 is 0 Å². The van der Waals surface area contributed by atoms with Crippen LogP contribution in [0.5, 0.6) is 0 Å². The molecule has 0 saturated heterocycles. The Hall–Kier alpha value is -1.00. The molecule has 4 aliphatic carbocycles. The molecule has 0 aromatic carbocycles. The van der Waals surface area contributed by atoms with Gasteiger partial charge in [-0.15, -0.1) is 0 Å². The Morgan fingerprint density at radius 2 is 2.00 bits per heavy atom. The van der Waals surface area contributed by atoms with Gasteiger partial charge in [0.1, 0.15) is 6.61 Å². The molecule has 0 heterocycles. The molecule has 25 heavy (non-hydrogen) atoms. The molecule has 7 atom stereocenters. The number of allylic oxidation sites excluding steroid dienone is 1. The highest BCUT2D eigenvalue weighted by molar-refractivity contribution is 5.91. The van der Waals surface area contributed by atoms with E-state index in [9.17, 15) is 19.8 Å². The lowest BCUT2D eigenvalue weighted by molar-refractivity contribution is -0.146. The summed E-state index contributed by atoms with van der Waals surface area (Å²) in [7, 11) is 0. The van der Waals surface area contributed by atoms with E-state index in [0.29, 0.717) is 24.7 Å². The summed E-state index contributed by atoms with van der Waals surface area (Å²) in [5.41, 5.74) is 0.979. The number of ketones is 2. The number of aliphatic hydroxyl groups excluding tert-OH is 2. The van der Waals surface area contributed by atoms with Gasteiger partial charge in [0, 0.05) is 12.3 Å². The topological polar surface area (TPSA) is 74.6 Å². The van der Waals surface area contributed by atoms with Crippen molar-refractivity contribution in [3.8, 4) is 0 Å². The molecular weight excluding hydrogens is 316 g/mol. The van der Waals surface area contributed by atoms with E-state index < -0.39 is 6.10 Å². The summed E-state index contributed by atoms with van der Waals surface area (Å²) in [5.74, 6) is 1.12. The monoisotopic (exact) mass is 346 g/mol. The summed E-state index contributed by atoms with van der Waals surface area (Å²) in [6.07, 6.45) is 7.32. The number of hydrogen-bond donors (Lipinski definition) is 2. The van der Waals surface area contributed by atoms with Crippen molar-refractivity contribution in [3.63, 3.8) is 0 Å². The van der Waals surface area contributed by atoms with Crippen LogP contribution in [0.15, 0.2) is 11.6 Å². The van der Waals surface area contributed by atoms with Crippen molar-refractivity contribution in [2.45, 2.75) is 64.9 Å². The van der Waals surface area contributed by atoms with Crippen molar-refractivity contribution in [2.75, 3.05) is 6.61 Å². The quantitative estimate of drug-likeness (QED) is 0.806. The van der Waals surface area contributed by atoms with Crippen molar-refractivity contribution in [1.29, 1.82) is 0 Å². The number of aliphatic hydroxyl groups is 2. The van der Waals surface area contributed by atoms with Crippen molar-refractivity contribution in [3.05, 3.63) is 11.6 Å². The first-order chi connectivity index (χ1) is 11.8. The fraction of sp³-hybridized carbons (Fsp3) is 0.810. The number of carbonyl (C=O) groups is 2. The molecule has 2 N–H and O–H groups in total. The number of hydrogen-bond acceptors (Lipinski definition) is 4. The van der Waals surface area contributed by atoms with Crippen LogP contribution in [0.25, 0.3) is 0 Å². The lowest BCUT2D eigenvalue weighted by Gasteiger charge is -2.59. The van der Waals surface area contributed by atoms with Crippen molar-refractivity contribution in [1.82, 2.24) is 0 Å². The maximum atomic E-state index is 12.3. The molecule has 0 aromatic heterocycles. The third kappa shape index (κ3) is 2.33. The molecule has 3 fully saturated rings. The van der Waals surface area contributed by atoms with Crippen molar-refractivity contribution >= 4 is 11.6 Å². The van der Waals surface area contributed by atoms with E-state index in [4.69, 9.17) is 0 Å². The summed E-state index contributed by atoms with van der Waals surface area (Å²) in [6, 6.07) is 0. The van der Waals surface area contributed by atoms with E-state index in [0.717, 1.165) is 32.1 Å². The first-order valence-corrected chi connectivity index (χ1v) is 9.87. The molecule has 0 aliphatic heterocycles. The van der Waals surface area contributed by atoms with Crippen molar-refractivity contribution in [2.24, 2.45) is 34.5 Å². The van der Waals surface area contributed by atoms with Crippen LogP contribution < -0.4 is 0 Å². The molecule has 4 heteroatoms. The lowest BCUT2D eigenvalue weighted by Crippen LogP contribution is -2.57. The average Bonchev–Trinajstić information content (AvgIpc) is 2.91. The lowest BCUT2D eigenvalue weighted by atomic mass is 9.46. The first kappa shape index (κ1) is 17.4. The van der Waals surface area contributed by atoms with Crippen LogP contribution in [0.1, 0.15) is 58.8 Å². The molecule has 0 bridgehead atoms. The minimum Gasteiger partial charge on any atom is -0.393 e. The highest BCUT2D eigenvalue weighted by Crippen LogP contribution is 2.66. The van der Waals surface area contributed by atoms with E-state index in [1.54, 1.807) is 0 Å². The first-order valence-electron chi connectivity index (χ1n) is 9.87. The van der Waals surface area contributed by atoms with Gasteiger partial charge in [0.05, 0.1) is 6.10 Å². The van der Waals surface area contributed by atoms with Gasteiger partial charge in [0.15, 0.2) is 11.6 Å². The molecule has 3 saturated carbocycles. The zero-order valence-electron chi connectivity index (χ0n) is 15.3. The molecule has 138 valence electrons. The molecule has 4 rings (SSSR count). The van der Waals surface area contributed by atoms with Gasteiger partial charge in [0.25, 0.3) is 0 Å². The van der Waals surface area contributed by atoms with E-state index in [1.165, 1.54) is 5.57 Å². The molecule has 0 spiro atoms. The Kier molecular flexibility index (Phi) is 4.01. The number of carbonyl (C=O) groups excluding carboxylic acids is 2. The second kappa shape index (κ2) is 5.75. The zero-order chi connectivity index (χ0) is 18.0. The minimum atomic E-state index is -0.430. The minimum absolute atomic E-state index is 0.0541. The van der Waals surface area contributed by atoms with Gasteiger partial charge in [-0.2, -0.15) is 0 Å². The SMILES string of the molecule is C[C@]12CCC(=O)C=C1CC[C@@H]1C2C(O)C[C@@]2(C)C1CC[C@@H]2C(=O)CO. The van der Waals surface area contributed by atoms with E-state index in [2.05, 4.69) is 13.8 Å². The molecule has 0 radical (unpaired) electrons. The smallest absolute Gasteiger partial charge is 0.161 e. The van der Waals surface area contributed by atoms with Gasteiger partial charge in [-0.3, -0.25) is 9.59 Å². The van der Waals surface area contributed by atoms with Crippen LogP contribution in [0.4, 0.5) is 0 Å². The second-order valence-corrected chi connectivity index (χ2v) is 9.42. The van der Waals surface area contributed by atoms with Crippen LogP contribution in [0, 0.1) is 34.5 Å². The average molecular weight is 346 g/mol.